The third-order valence-corrected chi connectivity index (χ3v) is 7.69. The van der Waals surface area contributed by atoms with Crippen LogP contribution in [0.25, 0.3) is 0 Å². The van der Waals surface area contributed by atoms with Gasteiger partial charge >= 0.3 is 0 Å². The fourth-order valence-electron chi connectivity index (χ4n) is 3.81. The summed E-state index contributed by atoms with van der Waals surface area (Å²) in [5.74, 6) is 0.585. The van der Waals surface area contributed by atoms with Crippen molar-refractivity contribution in [2.75, 3.05) is 12.3 Å². The standard InChI is InChI=1S/C29H31Cl3N2O2S/c1-2-3-15-33-29(36)27(16-21-7-5-4-6-8-21)34(18-23-11-14-25(31)17-26(23)32)28(35)20-37-19-22-9-12-24(30)13-10-22/h4-14,17,27H,2-3,15-16,18-20H2,1H3,(H,33,36)/t27-/m1/s1. The van der Waals surface area contributed by atoms with Crippen molar-refractivity contribution >= 4 is 58.4 Å². The smallest absolute Gasteiger partial charge is 0.243 e. The Morgan fingerprint density at radius 1 is 0.919 bits per heavy atom. The molecule has 0 aliphatic rings. The summed E-state index contributed by atoms with van der Waals surface area (Å²) in [6, 6.07) is 21.8. The quantitative estimate of drug-likeness (QED) is 0.215. The van der Waals surface area contributed by atoms with Gasteiger partial charge in [0.2, 0.25) is 11.8 Å². The number of benzene rings is 3. The number of unbranched alkanes of at least 4 members (excludes halogenated alkanes) is 1. The first kappa shape index (κ1) is 29.4. The van der Waals surface area contributed by atoms with Crippen LogP contribution >= 0.6 is 46.6 Å². The summed E-state index contributed by atoms with van der Waals surface area (Å²) in [6.45, 7) is 2.84. The molecule has 3 aromatic carbocycles. The van der Waals surface area contributed by atoms with Gasteiger partial charge in [0.1, 0.15) is 6.04 Å². The third kappa shape index (κ3) is 9.57. The van der Waals surface area contributed by atoms with Crippen molar-refractivity contribution in [1.29, 1.82) is 0 Å². The van der Waals surface area contributed by atoms with Gasteiger partial charge in [-0.15, -0.1) is 11.8 Å². The van der Waals surface area contributed by atoms with Gasteiger partial charge in [-0.3, -0.25) is 9.59 Å². The number of rotatable bonds is 13. The van der Waals surface area contributed by atoms with E-state index in [0.29, 0.717) is 33.8 Å². The number of carbonyl (C=O) groups is 2. The highest BCUT2D eigenvalue weighted by molar-refractivity contribution is 7.99. The van der Waals surface area contributed by atoms with Gasteiger partial charge in [-0.05, 0) is 47.4 Å². The predicted molar refractivity (Wildman–Crippen MR) is 156 cm³/mol. The van der Waals surface area contributed by atoms with E-state index in [1.54, 1.807) is 23.1 Å². The molecule has 0 fully saturated rings. The first-order valence-corrected chi connectivity index (χ1v) is 14.5. The minimum absolute atomic E-state index is 0.128. The first-order valence-electron chi connectivity index (χ1n) is 12.2. The molecule has 8 heteroatoms. The second kappa shape index (κ2) is 15.3. The Balaban J connectivity index is 1.85. The summed E-state index contributed by atoms with van der Waals surface area (Å²) in [5, 5.41) is 4.68. The lowest BCUT2D eigenvalue weighted by Gasteiger charge is -2.32. The summed E-state index contributed by atoms with van der Waals surface area (Å²) >= 11 is 20.1. The number of nitrogens with one attached hydrogen (secondary N) is 1. The molecular formula is C29H31Cl3N2O2S. The first-order chi connectivity index (χ1) is 17.9. The molecule has 0 aromatic heterocycles. The number of nitrogens with zero attached hydrogens (tertiary/aromatic N) is 1. The number of amides is 2. The minimum atomic E-state index is -0.686. The van der Waals surface area contributed by atoms with Gasteiger partial charge in [0.15, 0.2) is 0 Å². The monoisotopic (exact) mass is 576 g/mol. The Morgan fingerprint density at radius 2 is 1.62 bits per heavy atom. The lowest BCUT2D eigenvalue weighted by atomic mass is 10.0. The number of carbonyl (C=O) groups excluding carboxylic acids is 2. The maximum atomic E-state index is 13.7. The second-order valence-electron chi connectivity index (χ2n) is 8.73. The minimum Gasteiger partial charge on any atom is -0.354 e. The van der Waals surface area contributed by atoms with E-state index < -0.39 is 6.04 Å². The van der Waals surface area contributed by atoms with E-state index in [4.69, 9.17) is 34.8 Å². The summed E-state index contributed by atoms with van der Waals surface area (Å²) in [4.78, 5) is 28.8. The molecule has 0 saturated heterocycles. The Morgan fingerprint density at radius 3 is 2.30 bits per heavy atom. The molecule has 0 heterocycles. The summed E-state index contributed by atoms with van der Waals surface area (Å²) in [5.41, 5.74) is 2.79. The van der Waals surface area contributed by atoms with Gasteiger partial charge in [0.25, 0.3) is 0 Å². The Hall–Kier alpha value is -2.18. The van der Waals surface area contributed by atoms with Crippen molar-refractivity contribution in [3.8, 4) is 0 Å². The van der Waals surface area contributed by atoms with E-state index in [9.17, 15) is 9.59 Å². The van der Waals surface area contributed by atoms with Crippen molar-refractivity contribution in [3.63, 3.8) is 0 Å². The Kier molecular flexibility index (Phi) is 12.1. The SMILES string of the molecule is CCCCNC(=O)[C@@H](Cc1ccccc1)N(Cc1ccc(Cl)cc1Cl)C(=O)CSCc1ccc(Cl)cc1. The molecule has 0 spiro atoms. The summed E-state index contributed by atoms with van der Waals surface area (Å²) in [7, 11) is 0. The molecule has 37 heavy (non-hydrogen) atoms. The molecular weight excluding hydrogens is 547 g/mol. The van der Waals surface area contributed by atoms with Crippen LogP contribution in [-0.2, 0) is 28.3 Å². The lowest BCUT2D eigenvalue weighted by Crippen LogP contribution is -2.51. The van der Waals surface area contributed by atoms with Gasteiger partial charge in [-0.25, -0.2) is 0 Å². The van der Waals surface area contributed by atoms with Crippen LogP contribution in [0.4, 0.5) is 0 Å². The molecule has 0 radical (unpaired) electrons. The second-order valence-corrected chi connectivity index (χ2v) is 11.0. The number of hydrogen-bond donors (Lipinski definition) is 1. The van der Waals surface area contributed by atoms with Crippen LogP contribution in [-0.4, -0.2) is 35.1 Å². The van der Waals surface area contributed by atoms with Crippen LogP contribution < -0.4 is 5.32 Å². The fourth-order valence-corrected chi connectivity index (χ4v) is 5.28. The van der Waals surface area contributed by atoms with Crippen molar-refractivity contribution in [2.45, 2.75) is 44.5 Å². The van der Waals surface area contributed by atoms with E-state index in [-0.39, 0.29) is 24.1 Å². The molecule has 0 aliphatic heterocycles. The molecule has 196 valence electrons. The summed E-state index contributed by atoms with van der Waals surface area (Å²) in [6.07, 6.45) is 2.24. The highest BCUT2D eigenvalue weighted by Gasteiger charge is 2.30. The van der Waals surface area contributed by atoms with E-state index in [0.717, 1.165) is 29.5 Å². The Bertz CT molecular complexity index is 1160. The van der Waals surface area contributed by atoms with Crippen LogP contribution in [0.2, 0.25) is 15.1 Å². The van der Waals surface area contributed by atoms with Crippen molar-refractivity contribution in [3.05, 3.63) is 105 Å². The summed E-state index contributed by atoms with van der Waals surface area (Å²) < 4.78 is 0. The lowest BCUT2D eigenvalue weighted by molar-refractivity contribution is -0.139. The highest BCUT2D eigenvalue weighted by Crippen LogP contribution is 2.25. The van der Waals surface area contributed by atoms with Gasteiger partial charge in [-0.2, -0.15) is 0 Å². The number of hydrogen-bond acceptors (Lipinski definition) is 3. The van der Waals surface area contributed by atoms with Crippen LogP contribution in [0.3, 0.4) is 0 Å². The zero-order valence-corrected chi connectivity index (χ0v) is 23.8. The zero-order chi connectivity index (χ0) is 26.6. The van der Waals surface area contributed by atoms with Crippen LogP contribution in [0, 0.1) is 0 Å². The molecule has 3 aromatic rings. The third-order valence-electron chi connectivity index (χ3n) is 5.86. The maximum Gasteiger partial charge on any atom is 0.243 e. The van der Waals surface area contributed by atoms with Crippen molar-refractivity contribution in [1.82, 2.24) is 10.2 Å². The average Bonchev–Trinajstić information content (AvgIpc) is 2.89. The maximum absolute atomic E-state index is 13.7. The molecule has 0 saturated carbocycles. The highest BCUT2D eigenvalue weighted by atomic mass is 35.5. The van der Waals surface area contributed by atoms with Crippen LogP contribution in [0.5, 0.6) is 0 Å². The topological polar surface area (TPSA) is 49.4 Å². The molecule has 0 unspecified atom stereocenters. The van der Waals surface area contributed by atoms with E-state index in [1.165, 1.54) is 11.8 Å². The van der Waals surface area contributed by atoms with E-state index in [2.05, 4.69) is 12.2 Å². The molecule has 0 aliphatic carbocycles. The largest absolute Gasteiger partial charge is 0.354 e. The van der Waals surface area contributed by atoms with Gasteiger partial charge in [0, 0.05) is 40.3 Å². The molecule has 2 amide bonds. The van der Waals surface area contributed by atoms with Crippen LogP contribution in [0.1, 0.15) is 36.5 Å². The number of halogens is 3. The molecule has 3 rings (SSSR count). The molecule has 1 N–H and O–H groups in total. The molecule has 4 nitrogen and oxygen atoms in total. The van der Waals surface area contributed by atoms with Crippen molar-refractivity contribution in [2.24, 2.45) is 0 Å². The average molecular weight is 578 g/mol. The Labute approximate surface area is 238 Å². The normalized spacial score (nSPS) is 11.7. The molecule has 0 bridgehead atoms. The fraction of sp³-hybridized carbons (Fsp3) is 0.310. The number of thioether (sulfide) groups is 1. The van der Waals surface area contributed by atoms with E-state index >= 15 is 0 Å². The predicted octanol–water partition coefficient (Wildman–Crippen LogP) is 7.44. The van der Waals surface area contributed by atoms with Gasteiger partial charge < -0.3 is 10.2 Å². The van der Waals surface area contributed by atoms with Gasteiger partial charge in [-0.1, -0.05) is 96.7 Å². The molecule has 1 atom stereocenters. The van der Waals surface area contributed by atoms with E-state index in [1.807, 2.05) is 54.6 Å². The van der Waals surface area contributed by atoms with Crippen molar-refractivity contribution < 1.29 is 9.59 Å². The van der Waals surface area contributed by atoms with Gasteiger partial charge in [0.05, 0.1) is 5.75 Å². The zero-order valence-electron chi connectivity index (χ0n) is 20.8. The van der Waals surface area contributed by atoms with Crippen LogP contribution in [0.15, 0.2) is 72.8 Å².